The molecule has 3 aromatic rings. The van der Waals surface area contributed by atoms with Crippen LogP contribution in [0.4, 0.5) is 13.6 Å². The predicted molar refractivity (Wildman–Crippen MR) is 131 cm³/mol. The molecule has 2 amide bonds. The maximum Gasteiger partial charge on any atom is 0.341 e. The highest BCUT2D eigenvalue weighted by Gasteiger charge is 2.39. The van der Waals surface area contributed by atoms with Crippen LogP contribution < -0.4 is 10.1 Å². The molecular weight excluding hydrogens is 490 g/mol. The summed E-state index contributed by atoms with van der Waals surface area (Å²) in [6.45, 7) is -0.343. The van der Waals surface area contributed by atoms with Crippen molar-refractivity contribution in [1.82, 2.24) is 5.32 Å². The van der Waals surface area contributed by atoms with E-state index in [0.717, 1.165) is 23.8 Å². The zero-order chi connectivity index (χ0) is 25.7. The number of rotatable bonds is 8. The molecule has 0 spiro atoms. The lowest BCUT2D eigenvalue weighted by atomic mass is 9.85. The van der Waals surface area contributed by atoms with Gasteiger partial charge in [-0.25, -0.2) is 18.6 Å². The highest BCUT2D eigenvalue weighted by Crippen LogP contribution is 2.32. The molecule has 0 saturated heterocycles. The fourth-order valence-corrected chi connectivity index (χ4v) is 4.35. The molecule has 1 aliphatic heterocycles. The van der Waals surface area contributed by atoms with Crippen molar-refractivity contribution >= 4 is 29.3 Å². The number of hydrogen-bond donors (Lipinski definition) is 1. The third-order valence-corrected chi connectivity index (χ3v) is 6.02. The van der Waals surface area contributed by atoms with Crippen LogP contribution in [0, 0.1) is 17.6 Å². The Kier molecular flexibility index (Phi) is 7.95. The average Bonchev–Trinajstić information content (AvgIpc) is 2.85. The van der Waals surface area contributed by atoms with Crippen molar-refractivity contribution in [1.29, 1.82) is 0 Å². The van der Waals surface area contributed by atoms with Gasteiger partial charge in [-0.3, -0.25) is 4.79 Å². The summed E-state index contributed by atoms with van der Waals surface area (Å²) in [5, 5.41) is 3.32. The minimum Gasteiger partial charge on any atom is -0.497 e. The van der Waals surface area contributed by atoms with Crippen LogP contribution in [0.1, 0.15) is 29.2 Å². The van der Waals surface area contributed by atoms with Gasteiger partial charge in [0.15, 0.2) is 0 Å². The summed E-state index contributed by atoms with van der Waals surface area (Å²) < 4.78 is 37.9. The Bertz CT molecular complexity index is 1290. The van der Waals surface area contributed by atoms with E-state index in [0.29, 0.717) is 34.9 Å². The molecule has 3 aromatic carbocycles. The predicted octanol–water partition coefficient (Wildman–Crippen LogP) is 5.82. The molecule has 0 bridgehead atoms. The minimum atomic E-state index is -0.965. The number of aliphatic imine (C=N–C) groups is 1. The molecule has 0 fully saturated rings. The first-order valence-corrected chi connectivity index (χ1v) is 11.6. The quantitative estimate of drug-likeness (QED) is 0.386. The summed E-state index contributed by atoms with van der Waals surface area (Å²) in [5.41, 5.74) is 2.03. The van der Waals surface area contributed by atoms with E-state index in [1.165, 1.54) is 7.11 Å². The summed E-state index contributed by atoms with van der Waals surface area (Å²) in [7, 11) is 1.51. The van der Waals surface area contributed by atoms with E-state index in [1.807, 2.05) is 12.1 Å². The molecule has 1 heterocycles. The van der Waals surface area contributed by atoms with Gasteiger partial charge in [-0.2, -0.15) is 0 Å². The van der Waals surface area contributed by atoms with E-state index in [2.05, 4.69) is 10.3 Å². The highest BCUT2D eigenvalue weighted by molar-refractivity contribution is 6.30. The van der Waals surface area contributed by atoms with Gasteiger partial charge < -0.3 is 14.8 Å². The molecule has 0 aromatic heterocycles. The van der Waals surface area contributed by atoms with Gasteiger partial charge in [0, 0.05) is 16.8 Å². The molecule has 0 saturated carbocycles. The van der Waals surface area contributed by atoms with Gasteiger partial charge in [0.05, 0.1) is 13.2 Å². The van der Waals surface area contributed by atoms with Crippen molar-refractivity contribution in [3.8, 4) is 5.75 Å². The average molecular weight is 513 g/mol. The van der Waals surface area contributed by atoms with E-state index in [9.17, 15) is 18.4 Å². The number of carbonyl (C=O) groups excluding carboxylic acids is 2. The molecule has 1 N–H and O–H groups in total. The Morgan fingerprint density at radius 3 is 2.47 bits per heavy atom. The standard InChI is InChI=1S/C27H23ClF2N2O4/c1-35-22-7-3-5-18(13-22)25-24(26(33)36-15-17-11-20(29)14-21(30)12-17)23(31-27(34)32-25)9-8-16-4-2-6-19(28)10-16/h2-7,10-14,24-25H,8-9,15H2,1H3,(H,32,34). The van der Waals surface area contributed by atoms with Crippen LogP contribution in [-0.2, 0) is 22.6 Å². The van der Waals surface area contributed by atoms with Crippen LogP contribution >= 0.6 is 11.6 Å². The van der Waals surface area contributed by atoms with Gasteiger partial charge in [-0.15, -0.1) is 0 Å². The molecule has 36 heavy (non-hydrogen) atoms. The highest BCUT2D eigenvalue weighted by atomic mass is 35.5. The summed E-state index contributed by atoms with van der Waals surface area (Å²) in [6, 6.07) is 15.8. The van der Waals surface area contributed by atoms with E-state index in [1.54, 1.807) is 36.4 Å². The number of aryl methyl sites for hydroxylation is 1. The number of nitrogens with one attached hydrogen (secondary N) is 1. The van der Waals surface area contributed by atoms with Crippen LogP contribution in [0.25, 0.3) is 0 Å². The number of hydrogen-bond acceptors (Lipinski definition) is 4. The molecule has 2 unspecified atom stereocenters. The van der Waals surface area contributed by atoms with Crippen LogP contribution in [0.3, 0.4) is 0 Å². The summed E-state index contributed by atoms with van der Waals surface area (Å²) in [4.78, 5) is 30.0. The van der Waals surface area contributed by atoms with Crippen LogP contribution in [0.2, 0.25) is 5.02 Å². The Morgan fingerprint density at radius 2 is 1.75 bits per heavy atom. The Balaban J connectivity index is 1.62. The second-order valence-corrected chi connectivity index (χ2v) is 8.74. The van der Waals surface area contributed by atoms with E-state index in [-0.39, 0.29) is 12.2 Å². The molecule has 4 rings (SSSR count). The number of urea groups is 1. The van der Waals surface area contributed by atoms with Crippen molar-refractivity contribution in [2.75, 3.05) is 7.11 Å². The molecule has 6 nitrogen and oxygen atoms in total. The van der Waals surface area contributed by atoms with Crippen molar-refractivity contribution < 1.29 is 27.8 Å². The Hall–Kier alpha value is -3.78. The summed E-state index contributed by atoms with van der Waals surface area (Å²) >= 11 is 6.09. The van der Waals surface area contributed by atoms with Crippen LogP contribution in [0.5, 0.6) is 5.75 Å². The fraction of sp³-hybridized carbons (Fsp3) is 0.222. The molecule has 1 aliphatic rings. The molecule has 0 radical (unpaired) electrons. The minimum absolute atomic E-state index is 0.163. The number of benzene rings is 3. The van der Waals surface area contributed by atoms with E-state index < -0.39 is 35.6 Å². The summed E-state index contributed by atoms with van der Waals surface area (Å²) in [6.07, 6.45) is 0.777. The number of ether oxygens (including phenoxy) is 2. The second kappa shape index (κ2) is 11.3. The molecule has 186 valence electrons. The van der Waals surface area contributed by atoms with Crippen molar-refractivity contribution in [2.45, 2.75) is 25.5 Å². The number of amides is 2. The van der Waals surface area contributed by atoms with Crippen molar-refractivity contribution in [3.05, 3.63) is 100 Å². The Morgan fingerprint density at radius 1 is 1.00 bits per heavy atom. The van der Waals surface area contributed by atoms with Gasteiger partial charge >= 0.3 is 12.0 Å². The Labute approximate surface area is 211 Å². The monoisotopic (exact) mass is 512 g/mol. The van der Waals surface area contributed by atoms with E-state index in [4.69, 9.17) is 21.1 Å². The lowest BCUT2D eigenvalue weighted by molar-refractivity contribution is -0.148. The lowest BCUT2D eigenvalue weighted by Crippen LogP contribution is -2.45. The normalized spacial score (nSPS) is 17.2. The fourth-order valence-electron chi connectivity index (χ4n) is 4.14. The zero-order valence-corrected chi connectivity index (χ0v) is 20.1. The largest absolute Gasteiger partial charge is 0.497 e. The van der Waals surface area contributed by atoms with Crippen molar-refractivity contribution in [3.63, 3.8) is 0 Å². The molecule has 9 heteroatoms. The van der Waals surface area contributed by atoms with Crippen LogP contribution in [-0.4, -0.2) is 24.8 Å². The second-order valence-electron chi connectivity index (χ2n) is 8.30. The molecule has 2 atom stereocenters. The van der Waals surface area contributed by atoms with Gasteiger partial charge in [-0.1, -0.05) is 35.9 Å². The molecule has 0 aliphatic carbocycles. The lowest BCUT2D eigenvalue weighted by Gasteiger charge is -2.31. The van der Waals surface area contributed by atoms with Gasteiger partial charge in [-0.05, 0) is 65.9 Å². The smallest absolute Gasteiger partial charge is 0.341 e. The van der Waals surface area contributed by atoms with E-state index >= 15 is 0 Å². The first-order chi connectivity index (χ1) is 17.3. The first-order valence-electron chi connectivity index (χ1n) is 11.2. The summed E-state index contributed by atoms with van der Waals surface area (Å²) in [5.74, 6) is -2.65. The molecular formula is C27H23ClF2N2O4. The number of nitrogens with zero attached hydrogens (tertiary/aromatic N) is 1. The maximum absolute atomic E-state index is 13.6. The number of esters is 1. The number of halogens is 3. The topological polar surface area (TPSA) is 77.0 Å². The van der Waals surface area contributed by atoms with Crippen molar-refractivity contribution in [2.24, 2.45) is 10.9 Å². The van der Waals surface area contributed by atoms with Gasteiger partial charge in [0.25, 0.3) is 0 Å². The van der Waals surface area contributed by atoms with Gasteiger partial charge in [0.2, 0.25) is 0 Å². The third kappa shape index (κ3) is 6.26. The maximum atomic E-state index is 13.6. The number of carbonyl (C=O) groups is 2. The third-order valence-electron chi connectivity index (χ3n) is 5.79. The SMILES string of the molecule is COc1cccc(C2NC(=O)N=C(CCc3cccc(Cl)c3)C2C(=O)OCc2cc(F)cc(F)c2)c1. The zero-order valence-electron chi connectivity index (χ0n) is 19.3. The number of methoxy groups -OCH3 is 1. The van der Waals surface area contributed by atoms with Gasteiger partial charge in [0.1, 0.15) is 29.9 Å². The van der Waals surface area contributed by atoms with Crippen LogP contribution in [0.15, 0.2) is 71.7 Å². The first kappa shape index (κ1) is 25.3.